The number of imidazole rings is 1. The van der Waals surface area contributed by atoms with E-state index >= 15 is 0 Å². The van der Waals surface area contributed by atoms with Gasteiger partial charge in [0, 0.05) is 23.4 Å². The number of nitrogens with zero attached hydrogens (tertiary/aromatic N) is 2. The van der Waals surface area contributed by atoms with Crippen molar-refractivity contribution in [3.63, 3.8) is 0 Å². The van der Waals surface area contributed by atoms with Crippen LogP contribution in [0.2, 0.25) is 0 Å². The topological polar surface area (TPSA) is 100 Å². The van der Waals surface area contributed by atoms with Crippen LogP contribution in [0.15, 0.2) is 79.0 Å². The Morgan fingerprint density at radius 3 is 2.58 bits per heavy atom. The van der Waals surface area contributed by atoms with Crippen molar-refractivity contribution in [2.75, 3.05) is 7.11 Å². The number of aromatic nitrogens is 3. The van der Waals surface area contributed by atoms with E-state index < -0.39 is 0 Å². The smallest absolute Gasteiger partial charge is 0.251 e. The van der Waals surface area contributed by atoms with E-state index in [0.717, 1.165) is 29.5 Å². The Morgan fingerprint density at radius 2 is 1.81 bits per heavy atom. The van der Waals surface area contributed by atoms with E-state index in [-0.39, 0.29) is 17.7 Å². The molecule has 6 rings (SSSR count). The number of H-pyrrole nitrogens is 1. The second-order valence-corrected chi connectivity index (χ2v) is 8.96. The Kier molecular flexibility index (Phi) is 5.37. The van der Waals surface area contributed by atoms with E-state index in [1.807, 2.05) is 42.5 Å². The van der Waals surface area contributed by atoms with Crippen molar-refractivity contribution >= 4 is 16.9 Å². The molecular weight excluding hydrogens is 452 g/mol. The van der Waals surface area contributed by atoms with Gasteiger partial charge in [0.05, 0.1) is 23.7 Å². The lowest BCUT2D eigenvalue weighted by Gasteiger charge is -2.12. The summed E-state index contributed by atoms with van der Waals surface area (Å²) in [4.78, 5) is 25.2. The largest absolute Gasteiger partial charge is 0.507 e. The number of hydrogen-bond donors (Lipinski definition) is 3. The van der Waals surface area contributed by atoms with Gasteiger partial charge in [0.15, 0.2) is 0 Å². The van der Waals surface area contributed by atoms with E-state index in [1.165, 1.54) is 11.1 Å². The first-order valence-corrected chi connectivity index (χ1v) is 11.8. The molecule has 0 saturated carbocycles. The lowest BCUT2D eigenvalue weighted by atomic mass is 10.0. The molecule has 36 heavy (non-hydrogen) atoms. The number of amides is 1. The molecule has 0 fully saturated rings. The van der Waals surface area contributed by atoms with Crippen LogP contribution in [0.5, 0.6) is 11.6 Å². The van der Waals surface area contributed by atoms with E-state index in [2.05, 4.69) is 32.4 Å². The number of rotatable bonds is 5. The van der Waals surface area contributed by atoms with Gasteiger partial charge >= 0.3 is 0 Å². The fraction of sp³-hybridized carbons (Fsp3) is 0.138. The van der Waals surface area contributed by atoms with Crippen LogP contribution in [0, 0.1) is 0 Å². The van der Waals surface area contributed by atoms with Crippen LogP contribution in [0.25, 0.3) is 33.5 Å². The second kappa shape index (κ2) is 8.85. The summed E-state index contributed by atoms with van der Waals surface area (Å²) in [6.07, 6.45) is 3.35. The molecule has 1 amide bonds. The zero-order valence-electron chi connectivity index (χ0n) is 19.7. The summed E-state index contributed by atoms with van der Waals surface area (Å²) in [5.74, 6) is 0.989. The lowest BCUT2D eigenvalue weighted by Crippen LogP contribution is -2.35. The summed E-state index contributed by atoms with van der Waals surface area (Å²) < 4.78 is 5.39. The molecule has 2 aromatic heterocycles. The zero-order valence-corrected chi connectivity index (χ0v) is 19.7. The third-order valence-corrected chi connectivity index (χ3v) is 6.66. The van der Waals surface area contributed by atoms with Crippen molar-refractivity contribution in [3.8, 4) is 34.1 Å². The molecule has 7 heteroatoms. The molecule has 0 bridgehead atoms. The van der Waals surface area contributed by atoms with Crippen LogP contribution in [0.4, 0.5) is 0 Å². The molecule has 0 aliphatic heterocycles. The van der Waals surface area contributed by atoms with Crippen molar-refractivity contribution < 1.29 is 14.6 Å². The first-order valence-electron chi connectivity index (χ1n) is 11.8. The third-order valence-electron chi connectivity index (χ3n) is 6.66. The van der Waals surface area contributed by atoms with E-state index in [4.69, 9.17) is 4.74 Å². The highest BCUT2D eigenvalue weighted by Crippen LogP contribution is 2.35. The number of phenols is 1. The number of carbonyl (C=O) groups is 1. The number of phenolic OH excluding ortho intramolecular Hbond substituents is 1. The Balaban J connectivity index is 1.27. The predicted octanol–water partition coefficient (Wildman–Crippen LogP) is 4.90. The molecule has 178 valence electrons. The van der Waals surface area contributed by atoms with Crippen LogP contribution in [-0.2, 0) is 12.8 Å². The van der Waals surface area contributed by atoms with Crippen LogP contribution < -0.4 is 10.1 Å². The number of aromatic amines is 1. The number of ether oxygens (including phenoxy) is 1. The van der Waals surface area contributed by atoms with Crippen molar-refractivity contribution in [2.45, 2.75) is 18.9 Å². The maximum atomic E-state index is 13.0. The van der Waals surface area contributed by atoms with Crippen LogP contribution in [0.3, 0.4) is 0 Å². The molecule has 3 N–H and O–H groups in total. The lowest BCUT2D eigenvalue weighted by molar-refractivity contribution is 0.0938. The van der Waals surface area contributed by atoms with E-state index in [9.17, 15) is 9.90 Å². The van der Waals surface area contributed by atoms with Gasteiger partial charge in [-0.2, -0.15) is 0 Å². The molecular formula is C29H24N4O3. The van der Waals surface area contributed by atoms with Gasteiger partial charge in [-0.3, -0.25) is 4.79 Å². The molecule has 1 aliphatic carbocycles. The SMILES string of the molecule is COc1ncccc1-c1ccc(O)c(-c2nc3cc(C(=O)NC4Cc5ccccc5C4)ccc3[nH]2)c1. The Hall–Kier alpha value is -4.65. The Labute approximate surface area is 207 Å². The number of hydrogen-bond acceptors (Lipinski definition) is 5. The number of methoxy groups -OCH3 is 1. The quantitative estimate of drug-likeness (QED) is 0.335. The van der Waals surface area contributed by atoms with Gasteiger partial charge in [-0.25, -0.2) is 9.97 Å². The van der Waals surface area contributed by atoms with E-state index in [1.54, 1.807) is 31.5 Å². The molecule has 5 aromatic rings. The van der Waals surface area contributed by atoms with Gasteiger partial charge in [0.2, 0.25) is 5.88 Å². The molecule has 1 aliphatic rings. The number of pyridine rings is 1. The number of nitrogens with one attached hydrogen (secondary N) is 2. The number of fused-ring (bicyclic) bond motifs is 2. The van der Waals surface area contributed by atoms with Gasteiger partial charge in [0.25, 0.3) is 5.91 Å². The molecule has 0 saturated heterocycles. The number of benzene rings is 3. The third kappa shape index (κ3) is 3.94. The first-order chi connectivity index (χ1) is 17.6. The van der Waals surface area contributed by atoms with Crippen LogP contribution in [0.1, 0.15) is 21.5 Å². The Bertz CT molecular complexity index is 1580. The molecule has 0 atom stereocenters. The van der Waals surface area contributed by atoms with Gasteiger partial charge in [0.1, 0.15) is 11.6 Å². The first kappa shape index (κ1) is 21.9. The minimum atomic E-state index is -0.118. The van der Waals surface area contributed by atoms with Gasteiger partial charge in [-0.05, 0) is 72.0 Å². The summed E-state index contributed by atoms with van der Waals surface area (Å²) in [7, 11) is 1.58. The number of carbonyl (C=O) groups excluding carboxylic acids is 1. The minimum absolute atomic E-state index is 0.0875. The van der Waals surface area contributed by atoms with Crippen LogP contribution in [-0.4, -0.2) is 39.1 Å². The summed E-state index contributed by atoms with van der Waals surface area (Å²) in [5, 5.41) is 13.7. The van der Waals surface area contributed by atoms with Crippen molar-refractivity contribution in [2.24, 2.45) is 0 Å². The van der Waals surface area contributed by atoms with Gasteiger partial charge in [-0.1, -0.05) is 30.3 Å². The van der Waals surface area contributed by atoms with Crippen molar-refractivity contribution in [3.05, 3.63) is 95.7 Å². The minimum Gasteiger partial charge on any atom is -0.507 e. The molecule has 0 unspecified atom stereocenters. The van der Waals surface area contributed by atoms with Gasteiger partial charge < -0.3 is 20.1 Å². The highest BCUT2D eigenvalue weighted by Gasteiger charge is 2.23. The Morgan fingerprint density at radius 1 is 1.00 bits per heavy atom. The normalized spacial score (nSPS) is 13.0. The average molecular weight is 477 g/mol. The maximum Gasteiger partial charge on any atom is 0.251 e. The highest BCUT2D eigenvalue weighted by atomic mass is 16.5. The fourth-order valence-corrected chi connectivity index (χ4v) is 4.87. The summed E-state index contributed by atoms with van der Waals surface area (Å²) in [5.41, 5.74) is 6.76. The number of aromatic hydroxyl groups is 1. The van der Waals surface area contributed by atoms with Gasteiger partial charge in [-0.15, -0.1) is 0 Å². The summed E-state index contributed by atoms with van der Waals surface area (Å²) in [6.45, 7) is 0. The zero-order chi connectivity index (χ0) is 24.6. The maximum absolute atomic E-state index is 13.0. The van der Waals surface area contributed by atoms with Crippen molar-refractivity contribution in [1.29, 1.82) is 0 Å². The molecule has 3 aromatic carbocycles. The molecule has 7 nitrogen and oxygen atoms in total. The van der Waals surface area contributed by atoms with Crippen molar-refractivity contribution in [1.82, 2.24) is 20.3 Å². The van der Waals surface area contributed by atoms with E-state index in [0.29, 0.717) is 28.3 Å². The summed E-state index contributed by atoms with van der Waals surface area (Å²) in [6, 6.07) is 22.8. The summed E-state index contributed by atoms with van der Waals surface area (Å²) >= 11 is 0. The predicted molar refractivity (Wildman–Crippen MR) is 138 cm³/mol. The molecule has 2 heterocycles. The monoisotopic (exact) mass is 476 g/mol. The average Bonchev–Trinajstić information content (AvgIpc) is 3.52. The second-order valence-electron chi connectivity index (χ2n) is 8.96. The highest BCUT2D eigenvalue weighted by molar-refractivity contribution is 5.98. The molecule has 0 spiro atoms. The standard InChI is InChI=1S/C29H24N4O3/c1-36-29-22(7-4-12-30-29)19-9-11-26(34)23(15-19)27-32-24-10-8-20(16-25(24)33-27)28(35)31-21-13-17-5-2-3-6-18(17)14-21/h2-12,15-16,21,34H,13-14H2,1H3,(H,31,35)(H,32,33). The fourth-order valence-electron chi connectivity index (χ4n) is 4.87. The molecule has 0 radical (unpaired) electrons. The van der Waals surface area contributed by atoms with Crippen LogP contribution >= 0.6 is 0 Å².